The molecule has 1 atom stereocenters. The van der Waals surface area contributed by atoms with Crippen molar-refractivity contribution in [1.82, 2.24) is 5.32 Å². The van der Waals surface area contributed by atoms with Crippen LogP contribution in [0, 0.1) is 5.92 Å². The largest absolute Gasteiger partial charge is 0.316 e. The van der Waals surface area contributed by atoms with Gasteiger partial charge in [0.05, 0.1) is 0 Å². The highest BCUT2D eigenvalue weighted by Crippen LogP contribution is 2.34. The van der Waals surface area contributed by atoms with E-state index in [0.717, 1.165) is 11.8 Å². The van der Waals surface area contributed by atoms with Gasteiger partial charge in [-0.25, -0.2) is 0 Å². The second kappa shape index (κ2) is 5.45. The van der Waals surface area contributed by atoms with Crippen molar-refractivity contribution in [3.8, 4) is 0 Å². The Bertz CT molecular complexity index is 373. The third-order valence-corrected chi connectivity index (χ3v) is 5.38. The van der Waals surface area contributed by atoms with Crippen LogP contribution in [-0.2, 0) is 6.42 Å². The van der Waals surface area contributed by atoms with Crippen molar-refractivity contribution in [2.24, 2.45) is 5.92 Å². The molecule has 0 amide bonds. The van der Waals surface area contributed by atoms with E-state index in [9.17, 15) is 0 Å². The van der Waals surface area contributed by atoms with Crippen LogP contribution in [0.5, 0.6) is 0 Å². The molecule has 0 saturated carbocycles. The van der Waals surface area contributed by atoms with Gasteiger partial charge in [-0.3, -0.25) is 0 Å². The number of thioether (sulfide) groups is 1. The first-order valence-electron chi connectivity index (χ1n) is 6.80. The van der Waals surface area contributed by atoms with E-state index in [2.05, 4.69) is 41.3 Å². The molecule has 0 bridgehead atoms. The minimum Gasteiger partial charge on any atom is -0.316 e. The lowest BCUT2D eigenvalue weighted by atomic mass is 9.84. The maximum Gasteiger partial charge on any atom is 0.000169 e. The molecule has 1 heterocycles. The Balaban J connectivity index is 1.56. The molecular formula is C15H21NS. The Hall–Kier alpha value is -0.470. The zero-order valence-electron chi connectivity index (χ0n) is 10.3. The Labute approximate surface area is 108 Å². The van der Waals surface area contributed by atoms with Crippen LogP contribution >= 0.6 is 11.8 Å². The summed E-state index contributed by atoms with van der Waals surface area (Å²) in [5.74, 6) is 4.44. The van der Waals surface area contributed by atoms with Crippen molar-refractivity contribution in [2.45, 2.75) is 25.2 Å². The molecule has 0 spiro atoms. The van der Waals surface area contributed by atoms with Crippen LogP contribution in [0.3, 0.4) is 0 Å². The fraction of sp³-hybridized carbons (Fsp3) is 0.600. The lowest BCUT2D eigenvalue weighted by Crippen LogP contribution is -2.43. The van der Waals surface area contributed by atoms with E-state index in [1.54, 1.807) is 11.1 Å². The average molecular weight is 247 g/mol. The predicted molar refractivity (Wildman–Crippen MR) is 75.8 cm³/mol. The van der Waals surface area contributed by atoms with Gasteiger partial charge < -0.3 is 5.32 Å². The first-order valence-corrected chi connectivity index (χ1v) is 7.95. The average Bonchev–Trinajstić information content (AvgIpc) is 2.32. The summed E-state index contributed by atoms with van der Waals surface area (Å²) in [6, 6.07) is 9.07. The lowest BCUT2D eigenvalue weighted by Gasteiger charge is -2.29. The van der Waals surface area contributed by atoms with E-state index >= 15 is 0 Å². The Morgan fingerprint density at radius 3 is 2.88 bits per heavy atom. The molecule has 1 N–H and O–H groups in total. The van der Waals surface area contributed by atoms with E-state index in [4.69, 9.17) is 0 Å². The van der Waals surface area contributed by atoms with Crippen molar-refractivity contribution >= 4 is 11.8 Å². The number of benzene rings is 1. The molecule has 1 fully saturated rings. The molecule has 1 nitrogen and oxygen atoms in total. The Morgan fingerprint density at radius 2 is 2.06 bits per heavy atom. The van der Waals surface area contributed by atoms with Crippen LogP contribution in [0.1, 0.15) is 29.9 Å². The molecule has 2 aliphatic rings. The lowest BCUT2D eigenvalue weighted by molar-refractivity contribution is 0.385. The van der Waals surface area contributed by atoms with Gasteiger partial charge in [-0.1, -0.05) is 24.3 Å². The molecule has 0 radical (unpaired) electrons. The van der Waals surface area contributed by atoms with E-state index in [1.165, 1.54) is 43.9 Å². The molecule has 92 valence electrons. The van der Waals surface area contributed by atoms with Gasteiger partial charge in [0, 0.05) is 5.75 Å². The van der Waals surface area contributed by atoms with Crippen molar-refractivity contribution in [3.05, 3.63) is 35.4 Å². The normalized spacial score (nSPS) is 24.1. The zero-order chi connectivity index (χ0) is 11.5. The molecule has 1 aromatic carbocycles. The maximum atomic E-state index is 3.35. The highest BCUT2D eigenvalue weighted by atomic mass is 32.2. The third kappa shape index (κ3) is 2.69. The highest BCUT2D eigenvalue weighted by Gasteiger charge is 2.21. The van der Waals surface area contributed by atoms with Gasteiger partial charge >= 0.3 is 0 Å². The standard InChI is InChI=1S/C15H21NS/c1-2-7-15-13(4-1)5-3-6-14(15)11-17-10-12-8-16-9-12/h1-2,4,7,12,14,16H,3,5-6,8-11H2. The molecule has 1 aliphatic heterocycles. The van der Waals surface area contributed by atoms with E-state index in [0.29, 0.717) is 0 Å². The molecule has 1 aliphatic carbocycles. The van der Waals surface area contributed by atoms with Gasteiger partial charge in [0.25, 0.3) is 0 Å². The summed E-state index contributed by atoms with van der Waals surface area (Å²) in [6.07, 6.45) is 4.07. The van der Waals surface area contributed by atoms with Crippen LogP contribution < -0.4 is 5.32 Å². The molecule has 1 unspecified atom stereocenters. The van der Waals surface area contributed by atoms with Crippen molar-refractivity contribution in [3.63, 3.8) is 0 Å². The summed E-state index contributed by atoms with van der Waals surface area (Å²) in [5.41, 5.74) is 3.24. The molecule has 0 aromatic heterocycles. The number of fused-ring (bicyclic) bond motifs is 1. The van der Waals surface area contributed by atoms with Crippen molar-refractivity contribution in [1.29, 1.82) is 0 Å². The molecular weight excluding hydrogens is 226 g/mol. The van der Waals surface area contributed by atoms with Gasteiger partial charge in [0.1, 0.15) is 0 Å². The summed E-state index contributed by atoms with van der Waals surface area (Å²) in [7, 11) is 0. The number of hydrogen-bond acceptors (Lipinski definition) is 2. The van der Waals surface area contributed by atoms with Crippen molar-refractivity contribution < 1.29 is 0 Å². The van der Waals surface area contributed by atoms with Gasteiger partial charge in [0.2, 0.25) is 0 Å². The van der Waals surface area contributed by atoms with Crippen molar-refractivity contribution in [2.75, 3.05) is 24.6 Å². The number of rotatable bonds is 4. The fourth-order valence-corrected chi connectivity index (χ4v) is 4.21. The summed E-state index contributed by atoms with van der Waals surface area (Å²) in [5, 5.41) is 3.35. The predicted octanol–water partition coefficient (Wildman–Crippen LogP) is 3.06. The van der Waals surface area contributed by atoms with Gasteiger partial charge in [-0.2, -0.15) is 11.8 Å². The smallest absolute Gasteiger partial charge is 0.000169 e. The highest BCUT2D eigenvalue weighted by molar-refractivity contribution is 7.99. The van der Waals surface area contributed by atoms with Gasteiger partial charge in [0.15, 0.2) is 0 Å². The SMILES string of the molecule is c1ccc2c(c1)CCCC2CSCC1CNC1. The fourth-order valence-electron chi connectivity index (χ4n) is 2.87. The minimum atomic E-state index is 0.818. The quantitative estimate of drug-likeness (QED) is 0.877. The monoisotopic (exact) mass is 247 g/mol. The van der Waals surface area contributed by atoms with Crippen LogP contribution in [0.15, 0.2) is 24.3 Å². The van der Waals surface area contributed by atoms with Gasteiger partial charge in [-0.05, 0) is 61.1 Å². The summed E-state index contributed by atoms with van der Waals surface area (Å²) in [6.45, 7) is 2.49. The van der Waals surface area contributed by atoms with Crippen LogP contribution in [0.4, 0.5) is 0 Å². The third-order valence-electron chi connectivity index (χ3n) is 4.03. The number of aryl methyl sites for hydroxylation is 1. The van der Waals surface area contributed by atoms with E-state index in [1.807, 2.05) is 0 Å². The zero-order valence-corrected chi connectivity index (χ0v) is 11.1. The summed E-state index contributed by atoms with van der Waals surface area (Å²) < 4.78 is 0. The Morgan fingerprint density at radius 1 is 1.18 bits per heavy atom. The first kappa shape index (κ1) is 11.6. The molecule has 1 saturated heterocycles. The maximum absolute atomic E-state index is 3.35. The Kier molecular flexibility index (Phi) is 3.72. The number of nitrogens with one attached hydrogen (secondary N) is 1. The summed E-state index contributed by atoms with van der Waals surface area (Å²) >= 11 is 2.17. The minimum absolute atomic E-state index is 0.818. The second-order valence-electron chi connectivity index (χ2n) is 5.35. The molecule has 1 aromatic rings. The molecule has 3 rings (SSSR count). The van der Waals surface area contributed by atoms with E-state index in [-0.39, 0.29) is 0 Å². The van der Waals surface area contributed by atoms with Crippen LogP contribution in [0.25, 0.3) is 0 Å². The first-order chi connectivity index (χ1) is 8.43. The summed E-state index contributed by atoms with van der Waals surface area (Å²) in [4.78, 5) is 0. The topological polar surface area (TPSA) is 12.0 Å². The second-order valence-corrected chi connectivity index (χ2v) is 6.42. The molecule has 17 heavy (non-hydrogen) atoms. The van der Waals surface area contributed by atoms with Crippen LogP contribution in [0.2, 0.25) is 0 Å². The number of hydrogen-bond donors (Lipinski definition) is 1. The van der Waals surface area contributed by atoms with Gasteiger partial charge in [-0.15, -0.1) is 0 Å². The van der Waals surface area contributed by atoms with Crippen LogP contribution in [-0.4, -0.2) is 24.6 Å². The van der Waals surface area contributed by atoms with E-state index < -0.39 is 0 Å². The molecule has 2 heteroatoms.